The van der Waals surface area contributed by atoms with E-state index in [4.69, 9.17) is 0 Å². The first-order valence-corrected chi connectivity index (χ1v) is 12.8. The molecule has 2 aromatic carbocycles. The first kappa shape index (κ1) is 20.2. The highest BCUT2D eigenvalue weighted by molar-refractivity contribution is 6.83. The summed E-state index contributed by atoms with van der Waals surface area (Å²) in [4.78, 5) is 0. The van der Waals surface area contributed by atoms with Gasteiger partial charge in [-0.15, -0.1) is 0 Å². The summed E-state index contributed by atoms with van der Waals surface area (Å²) in [6.45, 7) is 17.1. The van der Waals surface area contributed by atoms with Crippen molar-refractivity contribution in [3.63, 3.8) is 0 Å². The van der Waals surface area contributed by atoms with Crippen molar-refractivity contribution in [1.29, 1.82) is 0 Å². The molecule has 0 radical (unpaired) electrons. The summed E-state index contributed by atoms with van der Waals surface area (Å²) in [7, 11) is -1.34. The Hall–Kier alpha value is -1.08. The Morgan fingerprint density at radius 3 is 1.92 bits per heavy atom. The maximum absolute atomic E-state index is 2.54. The summed E-state index contributed by atoms with van der Waals surface area (Å²) in [5.41, 5.74) is 5.55. The Morgan fingerprint density at radius 1 is 0.800 bits per heavy atom. The molecular weight excluding hydrogens is 316 g/mol. The summed E-state index contributed by atoms with van der Waals surface area (Å²) in [5, 5.41) is 2.77. The smallest absolute Gasteiger partial charge is 0.0621 e. The molecule has 0 aliphatic carbocycles. The Labute approximate surface area is 157 Å². The van der Waals surface area contributed by atoms with Crippen molar-refractivity contribution in [2.75, 3.05) is 0 Å². The highest BCUT2D eigenvalue weighted by Gasteiger charge is 2.43. The summed E-state index contributed by atoms with van der Waals surface area (Å²) in [6, 6.07) is 15.4. The minimum absolute atomic E-state index is 0.862. The highest BCUT2D eigenvalue weighted by Crippen LogP contribution is 2.48. The van der Waals surface area contributed by atoms with Crippen LogP contribution in [0.1, 0.15) is 65.5 Å². The van der Waals surface area contributed by atoms with Crippen LogP contribution in [-0.2, 0) is 6.42 Å². The summed E-state index contributed by atoms with van der Waals surface area (Å²) in [6.07, 6.45) is 3.93. The zero-order chi connectivity index (χ0) is 18.6. The van der Waals surface area contributed by atoms with Gasteiger partial charge in [-0.05, 0) is 40.8 Å². The molecule has 0 saturated carbocycles. The van der Waals surface area contributed by atoms with E-state index >= 15 is 0 Å². The quantitative estimate of drug-likeness (QED) is 0.419. The SMILES string of the molecule is CCC(C)[Si](CCc1ccc2cc(C)ccc2c1)(C(C)C)C(C)CC. The van der Waals surface area contributed by atoms with Crippen molar-refractivity contribution < 1.29 is 0 Å². The van der Waals surface area contributed by atoms with E-state index in [-0.39, 0.29) is 0 Å². The van der Waals surface area contributed by atoms with Gasteiger partial charge in [-0.3, -0.25) is 0 Å². The normalized spacial score (nSPS) is 16.8. The molecular formula is C24H38Si. The molecule has 2 aromatic rings. The van der Waals surface area contributed by atoms with Gasteiger partial charge in [0.15, 0.2) is 0 Å². The Kier molecular flexibility index (Phi) is 6.91. The van der Waals surface area contributed by atoms with Gasteiger partial charge in [0, 0.05) is 0 Å². The zero-order valence-corrected chi connectivity index (χ0v) is 18.5. The number of aryl methyl sites for hydroxylation is 2. The van der Waals surface area contributed by atoms with Crippen LogP contribution in [0.4, 0.5) is 0 Å². The van der Waals surface area contributed by atoms with Crippen LogP contribution in [0.25, 0.3) is 10.8 Å². The lowest BCUT2D eigenvalue weighted by molar-refractivity contribution is 0.700. The fourth-order valence-corrected chi connectivity index (χ4v) is 12.1. The fraction of sp³-hybridized carbons (Fsp3) is 0.583. The third-order valence-corrected chi connectivity index (χ3v) is 14.8. The first-order valence-electron chi connectivity index (χ1n) is 10.3. The van der Waals surface area contributed by atoms with Gasteiger partial charge in [-0.2, -0.15) is 0 Å². The molecule has 2 atom stereocenters. The van der Waals surface area contributed by atoms with Crippen LogP contribution in [0.3, 0.4) is 0 Å². The lowest BCUT2D eigenvalue weighted by atomic mass is 10.0. The molecule has 138 valence electrons. The predicted octanol–water partition coefficient (Wildman–Crippen LogP) is 8.15. The van der Waals surface area contributed by atoms with Gasteiger partial charge in [0.2, 0.25) is 0 Å². The lowest BCUT2D eigenvalue weighted by Gasteiger charge is -2.46. The van der Waals surface area contributed by atoms with Crippen LogP contribution in [0, 0.1) is 6.92 Å². The van der Waals surface area contributed by atoms with Gasteiger partial charge in [-0.1, -0.05) is 108 Å². The second kappa shape index (κ2) is 8.53. The molecule has 0 fully saturated rings. The zero-order valence-electron chi connectivity index (χ0n) is 17.5. The number of hydrogen-bond donors (Lipinski definition) is 0. The monoisotopic (exact) mass is 354 g/mol. The first-order chi connectivity index (χ1) is 11.8. The molecule has 25 heavy (non-hydrogen) atoms. The summed E-state index contributed by atoms with van der Waals surface area (Å²) < 4.78 is 0. The minimum Gasteiger partial charge on any atom is -0.0654 e. The van der Waals surface area contributed by atoms with E-state index in [1.54, 1.807) is 0 Å². The average Bonchev–Trinajstić information content (AvgIpc) is 2.61. The molecule has 2 unspecified atom stereocenters. The van der Waals surface area contributed by atoms with E-state index in [2.05, 4.69) is 84.9 Å². The molecule has 1 heteroatoms. The third-order valence-electron chi connectivity index (χ3n) is 7.04. The molecule has 0 aromatic heterocycles. The molecule has 0 N–H and O–H groups in total. The molecule has 0 amide bonds. The van der Waals surface area contributed by atoms with Gasteiger partial charge < -0.3 is 0 Å². The molecule has 0 aliphatic heterocycles. The maximum atomic E-state index is 2.54. The second-order valence-corrected chi connectivity index (χ2v) is 14.4. The minimum atomic E-state index is -1.34. The summed E-state index contributed by atoms with van der Waals surface area (Å²) >= 11 is 0. The predicted molar refractivity (Wildman–Crippen MR) is 117 cm³/mol. The van der Waals surface area contributed by atoms with Crippen LogP contribution in [0.5, 0.6) is 0 Å². The molecule has 0 spiro atoms. The largest absolute Gasteiger partial charge is 0.0654 e. The molecule has 0 heterocycles. The van der Waals surface area contributed by atoms with E-state index in [0.29, 0.717) is 0 Å². The van der Waals surface area contributed by atoms with Crippen LogP contribution in [-0.4, -0.2) is 8.07 Å². The van der Waals surface area contributed by atoms with Gasteiger partial charge in [0.05, 0.1) is 8.07 Å². The van der Waals surface area contributed by atoms with Crippen molar-refractivity contribution in [1.82, 2.24) is 0 Å². The van der Waals surface area contributed by atoms with Crippen molar-refractivity contribution in [2.24, 2.45) is 0 Å². The summed E-state index contributed by atoms with van der Waals surface area (Å²) in [5.74, 6) is 0. The third kappa shape index (κ3) is 4.19. The van der Waals surface area contributed by atoms with Gasteiger partial charge in [0.25, 0.3) is 0 Å². The van der Waals surface area contributed by atoms with E-state index in [9.17, 15) is 0 Å². The van der Waals surface area contributed by atoms with E-state index < -0.39 is 8.07 Å². The number of rotatable bonds is 8. The second-order valence-electron chi connectivity index (χ2n) is 8.57. The van der Waals surface area contributed by atoms with E-state index in [0.717, 1.165) is 16.6 Å². The number of fused-ring (bicyclic) bond motifs is 1. The van der Waals surface area contributed by atoms with Crippen LogP contribution >= 0.6 is 0 Å². The Balaban J connectivity index is 2.29. The molecule has 0 nitrogen and oxygen atoms in total. The van der Waals surface area contributed by atoms with E-state index in [1.165, 1.54) is 47.2 Å². The standard InChI is InChI=1S/C24H38Si/c1-8-20(6)25(18(3)4,21(7)9-2)15-14-22-11-13-23-16-19(5)10-12-24(23)17-22/h10-13,16-18,20-21H,8-9,14-15H2,1-7H3. The van der Waals surface area contributed by atoms with E-state index in [1.807, 2.05) is 0 Å². The molecule has 0 bridgehead atoms. The average molecular weight is 355 g/mol. The Bertz CT molecular complexity index is 676. The van der Waals surface area contributed by atoms with Crippen molar-refractivity contribution in [2.45, 2.75) is 90.4 Å². The van der Waals surface area contributed by atoms with Crippen LogP contribution < -0.4 is 0 Å². The molecule has 0 aliphatic rings. The fourth-order valence-electron chi connectivity index (χ4n) is 5.10. The van der Waals surface area contributed by atoms with Crippen molar-refractivity contribution in [3.8, 4) is 0 Å². The highest BCUT2D eigenvalue weighted by atomic mass is 28.3. The van der Waals surface area contributed by atoms with Gasteiger partial charge in [-0.25, -0.2) is 0 Å². The van der Waals surface area contributed by atoms with Gasteiger partial charge in [0.1, 0.15) is 0 Å². The number of benzene rings is 2. The Morgan fingerprint density at radius 2 is 1.36 bits per heavy atom. The molecule has 2 rings (SSSR count). The lowest BCUT2D eigenvalue weighted by Crippen LogP contribution is -2.46. The van der Waals surface area contributed by atoms with Gasteiger partial charge >= 0.3 is 0 Å². The van der Waals surface area contributed by atoms with Crippen LogP contribution in [0.2, 0.25) is 22.7 Å². The number of hydrogen-bond acceptors (Lipinski definition) is 0. The van der Waals surface area contributed by atoms with Crippen molar-refractivity contribution >= 4 is 18.8 Å². The van der Waals surface area contributed by atoms with Crippen LogP contribution in [0.15, 0.2) is 36.4 Å². The maximum Gasteiger partial charge on any atom is 0.0621 e. The van der Waals surface area contributed by atoms with Crippen molar-refractivity contribution in [3.05, 3.63) is 47.5 Å². The topological polar surface area (TPSA) is 0 Å². The molecule has 0 saturated heterocycles.